The molecular formula is C16H12F3NO4. The number of ether oxygens (including phenoxy) is 1. The smallest absolute Gasteiger partial charge is 0.478 e. The van der Waals surface area contributed by atoms with E-state index in [0.717, 1.165) is 18.2 Å². The van der Waals surface area contributed by atoms with E-state index in [2.05, 4.69) is 4.74 Å². The maximum Gasteiger partial charge on any atom is 0.573 e. The van der Waals surface area contributed by atoms with Gasteiger partial charge in [-0.15, -0.1) is 13.2 Å². The van der Waals surface area contributed by atoms with E-state index < -0.39 is 17.9 Å². The zero-order valence-electron chi connectivity index (χ0n) is 12.2. The minimum absolute atomic E-state index is 0.0165. The van der Waals surface area contributed by atoms with E-state index in [1.165, 1.54) is 29.0 Å². The zero-order valence-corrected chi connectivity index (χ0v) is 12.2. The van der Waals surface area contributed by atoms with Crippen LogP contribution in [0.25, 0.3) is 6.08 Å². The Kier molecular flexibility index (Phi) is 5.08. The maximum atomic E-state index is 12.2. The van der Waals surface area contributed by atoms with Crippen LogP contribution in [0.5, 0.6) is 5.75 Å². The number of hydrogen-bond acceptors (Lipinski definition) is 3. The van der Waals surface area contributed by atoms with Crippen LogP contribution in [-0.4, -0.2) is 22.0 Å². The van der Waals surface area contributed by atoms with Crippen LogP contribution in [-0.2, 0) is 11.3 Å². The van der Waals surface area contributed by atoms with Crippen LogP contribution in [0.2, 0.25) is 0 Å². The van der Waals surface area contributed by atoms with Crippen molar-refractivity contribution in [3.8, 4) is 5.75 Å². The Morgan fingerprint density at radius 2 is 2.00 bits per heavy atom. The third kappa shape index (κ3) is 5.01. The minimum Gasteiger partial charge on any atom is -0.478 e. The highest BCUT2D eigenvalue weighted by Gasteiger charge is 2.31. The van der Waals surface area contributed by atoms with Gasteiger partial charge in [0, 0.05) is 17.8 Å². The third-order valence-corrected chi connectivity index (χ3v) is 2.94. The Morgan fingerprint density at radius 3 is 2.67 bits per heavy atom. The molecule has 0 aliphatic rings. The lowest BCUT2D eigenvalue weighted by atomic mass is 10.2. The van der Waals surface area contributed by atoms with Crippen molar-refractivity contribution in [2.75, 3.05) is 0 Å². The van der Waals surface area contributed by atoms with Gasteiger partial charge in [0.25, 0.3) is 5.56 Å². The van der Waals surface area contributed by atoms with Crippen LogP contribution in [0.4, 0.5) is 13.2 Å². The second-order valence-electron chi connectivity index (χ2n) is 4.76. The number of alkyl halides is 3. The third-order valence-electron chi connectivity index (χ3n) is 2.94. The first kappa shape index (κ1) is 17.3. The molecule has 0 unspecified atom stereocenters. The number of nitrogens with zero attached hydrogens (tertiary/aromatic N) is 1. The number of carboxylic acids is 1. The number of carboxylic acid groups (broad SMARTS) is 1. The quantitative estimate of drug-likeness (QED) is 0.851. The largest absolute Gasteiger partial charge is 0.573 e. The molecule has 0 amide bonds. The Hall–Kier alpha value is -3.03. The van der Waals surface area contributed by atoms with Gasteiger partial charge in [0.15, 0.2) is 0 Å². The van der Waals surface area contributed by atoms with Gasteiger partial charge in [0.2, 0.25) is 0 Å². The number of aliphatic carboxylic acids is 1. The van der Waals surface area contributed by atoms with Gasteiger partial charge in [0.1, 0.15) is 5.75 Å². The lowest BCUT2D eigenvalue weighted by Gasteiger charge is -2.11. The summed E-state index contributed by atoms with van der Waals surface area (Å²) in [7, 11) is 0. The van der Waals surface area contributed by atoms with Crippen LogP contribution >= 0.6 is 0 Å². The fourth-order valence-electron chi connectivity index (χ4n) is 2.01. The molecule has 0 saturated carbocycles. The van der Waals surface area contributed by atoms with Crippen LogP contribution in [0.15, 0.2) is 53.5 Å². The number of rotatable bonds is 5. The highest BCUT2D eigenvalue weighted by molar-refractivity contribution is 5.85. The average Bonchev–Trinajstić information content (AvgIpc) is 2.46. The van der Waals surface area contributed by atoms with E-state index >= 15 is 0 Å². The predicted octanol–water partition coefficient (Wildman–Crippen LogP) is 2.89. The molecule has 8 heteroatoms. The Balaban J connectivity index is 2.26. The standard InChI is InChI=1S/C16H12F3NO4/c17-16(18,19)24-13-5-1-3-11(9-13)10-20-8-2-4-12(15(20)23)6-7-14(21)22/h1-9H,10H2,(H,21,22)/b7-6+. The fourth-order valence-corrected chi connectivity index (χ4v) is 2.01. The van der Waals surface area contributed by atoms with E-state index in [-0.39, 0.29) is 17.9 Å². The van der Waals surface area contributed by atoms with E-state index in [9.17, 15) is 22.8 Å². The summed E-state index contributed by atoms with van der Waals surface area (Å²) >= 11 is 0. The zero-order chi connectivity index (χ0) is 17.7. The van der Waals surface area contributed by atoms with Gasteiger partial charge in [-0.2, -0.15) is 0 Å². The normalized spacial score (nSPS) is 11.6. The first-order valence-electron chi connectivity index (χ1n) is 6.70. The van der Waals surface area contributed by atoms with Crippen molar-refractivity contribution in [2.24, 2.45) is 0 Å². The van der Waals surface area contributed by atoms with Gasteiger partial charge in [-0.3, -0.25) is 4.79 Å². The molecule has 0 fully saturated rings. The molecule has 0 radical (unpaired) electrons. The topological polar surface area (TPSA) is 68.5 Å². The lowest BCUT2D eigenvalue weighted by molar-refractivity contribution is -0.274. The molecule has 0 aliphatic carbocycles. The van der Waals surface area contributed by atoms with Gasteiger partial charge in [-0.25, -0.2) is 4.79 Å². The molecule has 1 aromatic carbocycles. The highest BCUT2D eigenvalue weighted by atomic mass is 19.4. The SMILES string of the molecule is O=C(O)/C=C/c1cccn(Cc2cccc(OC(F)(F)F)c2)c1=O. The summed E-state index contributed by atoms with van der Waals surface area (Å²) in [5.74, 6) is -1.57. The van der Waals surface area contributed by atoms with Crippen LogP contribution in [0.3, 0.4) is 0 Å². The second kappa shape index (κ2) is 7.03. The summed E-state index contributed by atoms with van der Waals surface area (Å²) in [6, 6.07) is 8.26. The summed E-state index contributed by atoms with van der Waals surface area (Å²) in [6.45, 7) is 0.0165. The summed E-state index contributed by atoms with van der Waals surface area (Å²) < 4.78 is 41.8. The molecular weight excluding hydrogens is 327 g/mol. The number of carbonyl (C=O) groups is 1. The van der Waals surface area contributed by atoms with E-state index in [0.29, 0.717) is 5.56 Å². The van der Waals surface area contributed by atoms with Gasteiger partial charge >= 0.3 is 12.3 Å². The summed E-state index contributed by atoms with van der Waals surface area (Å²) in [6.07, 6.45) is -1.35. The lowest BCUT2D eigenvalue weighted by Crippen LogP contribution is -2.22. The van der Waals surface area contributed by atoms with Crippen molar-refractivity contribution < 1.29 is 27.8 Å². The molecule has 2 rings (SSSR count). The van der Waals surface area contributed by atoms with Crippen molar-refractivity contribution in [3.05, 3.63) is 70.2 Å². The number of pyridine rings is 1. The summed E-state index contributed by atoms with van der Waals surface area (Å²) in [5.41, 5.74) is 0.123. The molecule has 0 spiro atoms. The highest BCUT2D eigenvalue weighted by Crippen LogP contribution is 2.23. The van der Waals surface area contributed by atoms with Gasteiger partial charge in [-0.05, 0) is 35.9 Å². The Morgan fingerprint density at radius 1 is 1.25 bits per heavy atom. The summed E-state index contributed by atoms with van der Waals surface area (Å²) in [4.78, 5) is 22.7. The molecule has 126 valence electrons. The molecule has 1 heterocycles. The maximum absolute atomic E-state index is 12.2. The minimum atomic E-state index is -4.79. The first-order chi connectivity index (χ1) is 11.2. The number of benzene rings is 1. The summed E-state index contributed by atoms with van der Waals surface area (Å²) in [5, 5.41) is 8.59. The number of aromatic nitrogens is 1. The molecule has 1 N–H and O–H groups in total. The van der Waals surface area contributed by atoms with E-state index in [1.54, 1.807) is 12.1 Å². The first-order valence-corrected chi connectivity index (χ1v) is 6.70. The van der Waals surface area contributed by atoms with Crippen molar-refractivity contribution in [1.29, 1.82) is 0 Å². The predicted molar refractivity (Wildman–Crippen MR) is 79.6 cm³/mol. The average molecular weight is 339 g/mol. The molecule has 0 atom stereocenters. The molecule has 0 aliphatic heterocycles. The van der Waals surface area contributed by atoms with Crippen LogP contribution < -0.4 is 10.3 Å². The van der Waals surface area contributed by atoms with Crippen LogP contribution in [0, 0.1) is 0 Å². The van der Waals surface area contributed by atoms with E-state index in [4.69, 9.17) is 5.11 Å². The monoisotopic (exact) mass is 339 g/mol. The molecule has 0 bridgehead atoms. The van der Waals surface area contributed by atoms with Crippen molar-refractivity contribution in [3.63, 3.8) is 0 Å². The van der Waals surface area contributed by atoms with Crippen LogP contribution in [0.1, 0.15) is 11.1 Å². The number of halogens is 3. The van der Waals surface area contributed by atoms with Crippen molar-refractivity contribution in [2.45, 2.75) is 12.9 Å². The van der Waals surface area contributed by atoms with Gasteiger partial charge in [-0.1, -0.05) is 12.1 Å². The number of hydrogen-bond donors (Lipinski definition) is 1. The van der Waals surface area contributed by atoms with Crippen molar-refractivity contribution in [1.82, 2.24) is 4.57 Å². The van der Waals surface area contributed by atoms with E-state index in [1.807, 2.05) is 0 Å². The van der Waals surface area contributed by atoms with Gasteiger partial charge in [0.05, 0.1) is 6.54 Å². The molecule has 1 aromatic heterocycles. The molecule has 24 heavy (non-hydrogen) atoms. The Bertz CT molecular complexity index is 825. The Labute approximate surface area is 134 Å². The fraction of sp³-hybridized carbons (Fsp3) is 0.125. The molecule has 2 aromatic rings. The second-order valence-corrected chi connectivity index (χ2v) is 4.76. The van der Waals surface area contributed by atoms with Gasteiger partial charge < -0.3 is 14.4 Å². The molecule has 5 nitrogen and oxygen atoms in total. The van der Waals surface area contributed by atoms with Crippen molar-refractivity contribution >= 4 is 12.0 Å². The molecule has 0 saturated heterocycles.